The minimum absolute atomic E-state index is 0. The number of benzene rings is 1. The third-order valence-corrected chi connectivity index (χ3v) is 2.62. The largest absolute Gasteiger partial charge is 0.327 e. The highest BCUT2D eigenvalue weighted by Gasteiger charge is 2.34. The third kappa shape index (κ3) is 2.60. The molecule has 0 unspecified atom stereocenters. The first-order valence-corrected chi connectivity index (χ1v) is 4.76. The molecule has 0 aromatic heterocycles. The van der Waals surface area contributed by atoms with Gasteiger partial charge in [-0.05, 0) is 24.8 Å². The molecule has 0 bridgehead atoms. The Morgan fingerprint density at radius 3 is 2.43 bits per heavy atom. The Balaban J connectivity index is 0.000000980. The summed E-state index contributed by atoms with van der Waals surface area (Å²) in [5, 5.41) is 0. The van der Waals surface area contributed by atoms with Crippen molar-refractivity contribution in [2.45, 2.75) is 19.4 Å². The summed E-state index contributed by atoms with van der Waals surface area (Å²) in [5.74, 6) is 0.639. The van der Waals surface area contributed by atoms with Gasteiger partial charge in [0.2, 0.25) is 0 Å². The average Bonchev–Trinajstić information content (AvgIpc) is 2.84. The van der Waals surface area contributed by atoms with Crippen LogP contribution in [0.15, 0.2) is 35.9 Å². The van der Waals surface area contributed by atoms with Crippen LogP contribution >= 0.6 is 12.4 Å². The Labute approximate surface area is 91.4 Å². The zero-order chi connectivity index (χ0) is 9.26. The number of nitrogens with two attached hydrogens (primary N) is 1. The monoisotopic (exact) mass is 209 g/mol. The minimum atomic E-state index is 0. The quantitative estimate of drug-likeness (QED) is 0.797. The van der Waals surface area contributed by atoms with Crippen molar-refractivity contribution in [2.24, 2.45) is 11.7 Å². The second kappa shape index (κ2) is 4.63. The second-order valence-corrected chi connectivity index (χ2v) is 3.81. The first-order valence-electron chi connectivity index (χ1n) is 4.76. The zero-order valence-electron chi connectivity index (χ0n) is 8.31. The van der Waals surface area contributed by atoms with Gasteiger partial charge in [0.1, 0.15) is 0 Å². The van der Waals surface area contributed by atoms with E-state index in [1.54, 1.807) is 0 Å². The van der Waals surface area contributed by atoms with Crippen LogP contribution in [0.4, 0.5) is 0 Å². The smallest absolute Gasteiger partial charge is 0.0111 e. The summed E-state index contributed by atoms with van der Waals surface area (Å²) in [5.41, 5.74) is 8.47. The van der Waals surface area contributed by atoms with E-state index in [1.807, 2.05) is 6.07 Å². The molecule has 1 fully saturated rings. The van der Waals surface area contributed by atoms with Gasteiger partial charge < -0.3 is 5.73 Å². The zero-order valence-corrected chi connectivity index (χ0v) is 9.13. The van der Waals surface area contributed by atoms with Gasteiger partial charge in [-0.2, -0.15) is 0 Å². The van der Waals surface area contributed by atoms with Crippen molar-refractivity contribution in [1.82, 2.24) is 0 Å². The molecular formula is C12H16ClN. The molecule has 2 atom stereocenters. The normalized spacial score (nSPS) is 25.4. The Morgan fingerprint density at radius 2 is 1.93 bits per heavy atom. The molecule has 1 aromatic carbocycles. The number of hydrogen-bond acceptors (Lipinski definition) is 1. The molecular weight excluding hydrogens is 194 g/mol. The predicted molar refractivity (Wildman–Crippen MR) is 63.4 cm³/mol. The molecule has 2 rings (SSSR count). The van der Waals surface area contributed by atoms with Crippen molar-refractivity contribution in [3.05, 3.63) is 41.5 Å². The molecule has 1 aromatic rings. The van der Waals surface area contributed by atoms with Crippen LogP contribution in [-0.4, -0.2) is 6.04 Å². The maximum Gasteiger partial charge on any atom is 0.0111 e. The SMILES string of the molecule is C/C(=C\c1ccccc1)[C@H]1C[C@@H]1N.Cl. The standard InChI is InChI=1S/C12H15N.ClH/c1-9(11-8-12(11)13)7-10-5-3-2-4-6-10;/h2-7,11-12H,8,13H2,1H3;1H/b9-7+;/t11-,12+;/m1./s1. The van der Waals surface area contributed by atoms with Gasteiger partial charge in [-0.1, -0.05) is 42.0 Å². The maximum atomic E-state index is 5.78. The van der Waals surface area contributed by atoms with Gasteiger partial charge >= 0.3 is 0 Å². The highest BCUT2D eigenvalue weighted by atomic mass is 35.5. The summed E-state index contributed by atoms with van der Waals surface area (Å²) in [6, 6.07) is 10.8. The lowest BCUT2D eigenvalue weighted by Gasteiger charge is -1.98. The van der Waals surface area contributed by atoms with Crippen LogP contribution < -0.4 is 5.73 Å². The van der Waals surface area contributed by atoms with E-state index in [9.17, 15) is 0 Å². The van der Waals surface area contributed by atoms with Crippen LogP contribution in [0.3, 0.4) is 0 Å². The molecule has 0 spiro atoms. The van der Waals surface area contributed by atoms with E-state index in [1.165, 1.54) is 11.1 Å². The first-order chi connectivity index (χ1) is 6.27. The van der Waals surface area contributed by atoms with E-state index in [4.69, 9.17) is 5.73 Å². The molecule has 1 aliphatic rings. The molecule has 1 saturated carbocycles. The molecule has 1 nitrogen and oxygen atoms in total. The first kappa shape index (κ1) is 11.3. The van der Waals surface area contributed by atoms with Crippen molar-refractivity contribution >= 4 is 18.5 Å². The predicted octanol–water partition coefficient (Wildman–Crippen LogP) is 2.86. The summed E-state index contributed by atoms with van der Waals surface area (Å²) >= 11 is 0. The van der Waals surface area contributed by atoms with E-state index >= 15 is 0 Å². The van der Waals surface area contributed by atoms with Crippen LogP contribution in [-0.2, 0) is 0 Å². The van der Waals surface area contributed by atoms with Crippen LogP contribution in [0.5, 0.6) is 0 Å². The summed E-state index contributed by atoms with van der Waals surface area (Å²) < 4.78 is 0. The summed E-state index contributed by atoms with van der Waals surface area (Å²) in [7, 11) is 0. The third-order valence-electron chi connectivity index (χ3n) is 2.62. The molecule has 0 heterocycles. The Morgan fingerprint density at radius 1 is 1.36 bits per heavy atom. The highest BCUT2D eigenvalue weighted by Crippen LogP contribution is 2.35. The lowest BCUT2D eigenvalue weighted by atomic mass is 10.1. The van der Waals surface area contributed by atoms with Gasteiger partial charge in [0, 0.05) is 6.04 Å². The fraction of sp³-hybridized carbons (Fsp3) is 0.333. The minimum Gasteiger partial charge on any atom is -0.327 e. The molecule has 0 saturated heterocycles. The molecule has 1 aliphatic carbocycles. The van der Waals surface area contributed by atoms with E-state index < -0.39 is 0 Å². The van der Waals surface area contributed by atoms with Gasteiger partial charge in [0.25, 0.3) is 0 Å². The van der Waals surface area contributed by atoms with E-state index in [0.29, 0.717) is 12.0 Å². The van der Waals surface area contributed by atoms with E-state index in [-0.39, 0.29) is 12.4 Å². The van der Waals surface area contributed by atoms with Gasteiger partial charge in [0.15, 0.2) is 0 Å². The van der Waals surface area contributed by atoms with Crippen molar-refractivity contribution in [1.29, 1.82) is 0 Å². The van der Waals surface area contributed by atoms with Crippen LogP contribution in [0.25, 0.3) is 6.08 Å². The van der Waals surface area contributed by atoms with Crippen LogP contribution in [0.1, 0.15) is 18.9 Å². The maximum absolute atomic E-state index is 5.78. The second-order valence-electron chi connectivity index (χ2n) is 3.81. The Hall–Kier alpha value is -0.790. The van der Waals surface area contributed by atoms with Crippen LogP contribution in [0, 0.1) is 5.92 Å². The fourth-order valence-electron chi connectivity index (χ4n) is 1.66. The van der Waals surface area contributed by atoms with Crippen molar-refractivity contribution in [2.75, 3.05) is 0 Å². The number of halogens is 1. The Kier molecular flexibility index (Phi) is 3.73. The number of hydrogen-bond donors (Lipinski definition) is 1. The number of rotatable bonds is 2. The Bertz CT molecular complexity index is 318. The summed E-state index contributed by atoms with van der Waals surface area (Å²) in [6.45, 7) is 2.17. The molecule has 2 heteroatoms. The highest BCUT2D eigenvalue weighted by molar-refractivity contribution is 5.85. The average molecular weight is 210 g/mol. The topological polar surface area (TPSA) is 26.0 Å². The lowest BCUT2D eigenvalue weighted by Crippen LogP contribution is -2.02. The van der Waals surface area contributed by atoms with Crippen molar-refractivity contribution in [3.63, 3.8) is 0 Å². The van der Waals surface area contributed by atoms with E-state index in [0.717, 1.165) is 6.42 Å². The fourth-order valence-corrected chi connectivity index (χ4v) is 1.66. The van der Waals surface area contributed by atoms with Crippen molar-refractivity contribution < 1.29 is 0 Å². The van der Waals surface area contributed by atoms with E-state index in [2.05, 4.69) is 37.3 Å². The van der Waals surface area contributed by atoms with Crippen molar-refractivity contribution in [3.8, 4) is 0 Å². The molecule has 2 N–H and O–H groups in total. The summed E-state index contributed by atoms with van der Waals surface area (Å²) in [4.78, 5) is 0. The molecule has 0 aliphatic heterocycles. The van der Waals surface area contributed by atoms with Gasteiger partial charge in [0.05, 0.1) is 0 Å². The lowest BCUT2D eigenvalue weighted by molar-refractivity contribution is 0.924. The summed E-state index contributed by atoms with van der Waals surface area (Å²) in [6.07, 6.45) is 3.40. The van der Waals surface area contributed by atoms with Crippen LogP contribution in [0.2, 0.25) is 0 Å². The van der Waals surface area contributed by atoms with Gasteiger partial charge in [-0.3, -0.25) is 0 Å². The van der Waals surface area contributed by atoms with Gasteiger partial charge in [-0.15, -0.1) is 12.4 Å². The van der Waals surface area contributed by atoms with Gasteiger partial charge in [-0.25, -0.2) is 0 Å². The molecule has 76 valence electrons. The molecule has 0 radical (unpaired) electrons. The molecule has 14 heavy (non-hydrogen) atoms. The molecule has 0 amide bonds.